The Labute approximate surface area is 143 Å². The summed E-state index contributed by atoms with van der Waals surface area (Å²) in [5.74, 6) is 5.90. The molecule has 126 valence electrons. The van der Waals surface area contributed by atoms with Crippen molar-refractivity contribution in [2.45, 2.75) is 23.8 Å². The second kappa shape index (κ2) is 7.79. The van der Waals surface area contributed by atoms with E-state index >= 15 is 0 Å². The fourth-order valence-electron chi connectivity index (χ4n) is 2.00. The molecule has 24 heavy (non-hydrogen) atoms. The number of benzene rings is 1. The molecule has 0 radical (unpaired) electrons. The van der Waals surface area contributed by atoms with E-state index in [-0.39, 0.29) is 18.1 Å². The SMILES string of the molecule is C[C@@H](Sc1nnc(-c2ccc(F)cc2)n1N)C(=O)N(C)CCC#N. The highest BCUT2D eigenvalue weighted by Crippen LogP contribution is 2.25. The third kappa shape index (κ3) is 4.02. The number of amides is 1. The molecule has 1 amide bonds. The molecule has 0 spiro atoms. The average Bonchev–Trinajstić information content (AvgIpc) is 2.93. The molecule has 1 atom stereocenters. The van der Waals surface area contributed by atoms with E-state index in [4.69, 9.17) is 11.1 Å². The van der Waals surface area contributed by atoms with Gasteiger partial charge in [-0.25, -0.2) is 9.07 Å². The molecule has 2 rings (SSSR count). The Bertz CT molecular complexity index is 754. The molecule has 0 fully saturated rings. The van der Waals surface area contributed by atoms with Crippen LogP contribution in [0.5, 0.6) is 0 Å². The predicted molar refractivity (Wildman–Crippen MR) is 88.8 cm³/mol. The van der Waals surface area contributed by atoms with Gasteiger partial charge in [0, 0.05) is 19.2 Å². The third-order valence-electron chi connectivity index (χ3n) is 3.33. The summed E-state index contributed by atoms with van der Waals surface area (Å²) in [7, 11) is 1.65. The van der Waals surface area contributed by atoms with Crippen LogP contribution in [0, 0.1) is 17.1 Å². The molecule has 9 heteroatoms. The maximum Gasteiger partial charge on any atom is 0.235 e. The number of hydrogen-bond acceptors (Lipinski definition) is 6. The van der Waals surface area contributed by atoms with Crippen molar-refractivity contribution < 1.29 is 9.18 Å². The Morgan fingerprint density at radius 1 is 1.46 bits per heavy atom. The summed E-state index contributed by atoms with van der Waals surface area (Å²) in [5.41, 5.74) is 0.628. The lowest BCUT2D eigenvalue weighted by Crippen LogP contribution is -2.34. The number of nitrogen functional groups attached to an aromatic ring is 1. The van der Waals surface area contributed by atoms with Crippen molar-refractivity contribution in [2.75, 3.05) is 19.4 Å². The minimum absolute atomic E-state index is 0.124. The molecule has 1 heterocycles. The van der Waals surface area contributed by atoms with Gasteiger partial charge in [-0.1, -0.05) is 11.8 Å². The van der Waals surface area contributed by atoms with Gasteiger partial charge in [0.25, 0.3) is 0 Å². The third-order valence-corrected chi connectivity index (χ3v) is 4.38. The zero-order valence-electron chi connectivity index (χ0n) is 13.3. The van der Waals surface area contributed by atoms with Crippen LogP contribution in [-0.2, 0) is 4.79 Å². The molecule has 0 bridgehead atoms. The van der Waals surface area contributed by atoms with E-state index in [2.05, 4.69) is 10.2 Å². The summed E-state index contributed by atoms with van der Waals surface area (Å²) < 4.78 is 14.3. The second-order valence-electron chi connectivity index (χ2n) is 5.11. The zero-order chi connectivity index (χ0) is 17.7. The smallest absolute Gasteiger partial charge is 0.235 e. The molecule has 1 aromatic carbocycles. The minimum Gasteiger partial charge on any atom is -0.344 e. The molecule has 0 aliphatic carbocycles. The summed E-state index contributed by atoms with van der Waals surface area (Å²) >= 11 is 1.17. The molecule has 0 saturated heterocycles. The Morgan fingerprint density at radius 3 is 2.75 bits per heavy atom. The van der Waals surface area contributed by atoms with Crippen molar-refractivity contribution >= 4 is 17.7 Å². The number of nitriles is 1. The quantitative estimate of drug-likeness (QED) is 0.629. The number of rotatable bonds is 6. The largest absolute Gasteiger partial charge is 0.344 e. The van der Waals surface area contributed by atoms with Crippen molar-refractivity contribution in [1.29, 1.82) is 5.26 Å². The van der Waals surface area contributed by atoms with Gasteiger partial charge in [0.2, 0.25) is 11.1 Å². The van der Waals surface area contributed by atoms with Crippen LogP contribution in [0.4, 0.5) is 4.39 Å². The van der Waals surface area contributed by atoms with Crippen molar-refractivity contribution in [2.24, 2.45) is 0 Å². The van der Waals surface area contributed by atoms with E-state index < -0.39 is 5.25 Å². The lowest BCUT2D eigenvalue weighted by Gasteiger charge is -2.19. The standard InChI is InChI=1S/C15H17FN6OS/c1-10(14(23)21(2)9-3-8-17)24-15-20-19-13(22(15)18)11-4-6-12(16)7-5-11/h4-7,10H,3,9,18H2,1-2H3/t10-/m1/s1. The van der Waals surface area contributed by atoms with E-state index in [1.54, 1.807) is 26.1 Å². The van der Waals surface area contributed by atoms with Gasteiger partial charge in [-0.15, -0.1) is 10.2 Å². The first-order valence-electron chi connectivity index (χ1n) is 7.19. The number of aromatic nitrogens is 3. The van der Waals surface area contributed by atoms with Gasteiger partial charge in [-0.3, -0.25) is 4.79 Å². The molecule has 0 saturated carbocycles. The molecule has 1 aromatic heterocycles. The second-order valence-corrected chi connectivity index (χ2v) is 6.42. The van der Waals surface area contributed by atoms with Gasteiger partial charge in [0.1, 0.15) is 5.82 Å². The van der Waals surface area contributed by atoms with Crippen LogP contribution in [0.15, 0.2) is 29.4 Å². The Morgan fingerprint density at radius 2 is 2.12 bits per heavy atom. The summed E-state index contributed by atoms with van der Waals surface area (Å²) in [6.07, 6.45) is 0.279. The van der Waals surface area contributed by atoms with Crippen molar-refractivity contribution in [3.63, 3.8) is 0 Å². The monoisotopic (exact) mass is 348 g/mol. The van der Waals surface area contributed by atoms with Gasteiger partial charge in [0.05, 0.1) is 17.7 Å². The van der Waals surface area contributed by atoms with Crippen molar-refractivity contribution in [3.8, 4) is 17.5 Å². The molecule has 2 aromatic rings. The molecule has 0 aliphatic heterocycles. The van der Waals surface area contributed by atoms with E-state index in [1.165, 1.54) is 33.5 Å². The van der Waals surface area contributed by atoms with Crippen LogP contribution >= 0.6 is 11.8 Å². The number of hydrogen-bond donors (Lipinski definition) is 1. The first kappa shape index (κ1) is 17.7. The van der Waals surface area contributed by atoms with E-state index in [1.807, 2.05) is 6.07 Å². The van der Waals surface area contributed by atoms with Gasteiger partial charge < -0.3 is 10.7 Å². The summed E-state index contributed by atoms with van der Waals surface area (Å²) in [5, 5.41) is 16.5. The predicted octanol–water partition coefficient (Wildman–Crippen LogP) is 1.65. The minimum atomic E-state index is -0.429. The lowest BCUT2D eigenvalue weighted by molar-refractivity contribution is -0.128. The fraction of sp³-hybridized carbons (Fsp3) is 0.333. The van der Waals surface area contributed by atoms with Gasteiger partial charge in [-0.05, 0) is 31.2 Å². The molecule has 0 unspecified atom stereocenters. The molecular formula is C15H17FN6OS. The van der Waals surface area contributed by atoms with Gasteiger partial charge >= 0.3 is 0 Å². The maximum absolute atomic E-state index is 13.0. The number of thioether (sulfide) groups is 1. The maximum atomic E-state index is 13.0. The molecule has 7 nitrogen and oxygen atoms in total. The van der Waals surface area contributed by atoms with E-state index in [9.17, 15) is 9.18 Å². The van der Waals surface area contributed by atoms with Crippen molar-refractivity contribution in [1.82, 2.24) is 19.8 Å². The topological polar surface area (TPSA) is 101 Å². The fourth-order valence-corrected chi connectivity index (χ4v) is 2.88. The normalized spacial score (nSPS) is 11.8. The number of nitrogens with zero attached hydrogens (tertiary/aromatic N) is 5. The summed E-state index contributed by atoms with van der Waals surface area (Å²) in [6, 6.07) is 7.74. The highest BCUT2D eigenvalue weighted by Gasteiger charge is 2.22. The van der Waals surface area contributed by atoms with E-state index in [0.717, 1.165) is 0 Å². The van der Waals surface area contributed by atoms with Crippen LogP contribution in [0.3, 0.4) is 0 Å². The van der Waals surface area contributed by atoms with Crippen LogP contribution in [-0.4, -0.2) is 44.5 Å². The Hall–Kier alpha value is -2.60. The summed E-state index contributed by atoms with van der Waals surface area (Å²) in [6.45, 7) is 2.11. The number of carbonyl (C=O) groups excluding carboxylic acids is 1. The van der Waals surface area contributed by atoms with Crippen LogP contribution in [0.25, 0.3) is 11.4 Å². The number of halogens is 1. The first-order valence-corrected chi connectivity index (χ1v) is 8.07. The molecule has 2 N–H and O–H groups in total. The Balaban J connectivity index is 2.10. The van der Waals surface area contributed by atoms with Gasteiger partial charge in [0.15, 0.2) is 5.82 Å². The Kier molecular flexibility index (Phi) is 5.76. The van der Waals surface area contributed by atoms with Crippen LogP contribution in [0.1, 0.15) is 13.3 Å². The van der Waals surface area contributed by atoms with E-state index in [0.29, 0.717) is 23.1 Å². The van der Waals surface area contributed by atoms with Crippen molar-refractivity contribution in [3.05, 3.63) is 30.1 Å². The number of nitrogens with two attached hydrogens (primary N) is 1. The number of carbonyl (C=O) groups is 1. The molecule has 0 aliphatic rings. The molecular weight excluding hydrogens is 331 g/mol. The van der Waals surface area contributed by atoms with Gasteiger partial charge in [-0.2, -0.15) is 5.26 Å². The lowest BCUT2D eigenvalue weighted by atomic mass is 10.2. The summed E-state index contributed by atoms with van der Waals surface area (Å²) in [4.78, 5) is 13.7. The average molecular weight is 348 g/mol. The highest BCUT2D eigenvalue weighted by atomic mass is 32.2. The zero-order valence-corrected chi connectivity index (χ0v) is 14.1. The van der Waals surface area contributed by atoms with Crippen LogP contribution < -0.4 is 5.84 Å². The first-order chi connectivity index (χ1) is 11.4. The van der Waals surface area contributed by atoms with Crippen LogP contribution in [0.2, 0.25) is 0 Å². The highest BCUT2D eigenvalue weighted by molar-refractivity contribution is 8.00.